The van der Waals surface area contributed by atoms with Crippen molar-refractivity contribution in [1.29, 1.82) is 0 Å². The second-order valence-electron chi connectivity index (χ2n) is 7.72. The molecule has 1 aromatic heterocycles. The molecule has 0 unspecified atom stereocenters. The number of carbonyl (C=O) groups is 1. The fourth-order valence-corrected chi connectivity index (χ4v) is 5.19. The van der Waals surface area contributed by atoms with Gasteiger partial charge in [-0.2, -0.15) is 0 Å². The highest BCUT2D eigenvalue weighted by Crippen LogP contribution is 2.36. The lowest BCUT2D eigenvalue weighted by molar-refractivity contribution is -0.200. The van der Waals surface area contributed by atoms with Crippen molar-refractivity contribution in [3.63, 3.8) is 0 Å². The molecule has 4 heterocycles. The molecule has 3 fully saturated rings. The van der Waals surface area contributed by atoms with E-state index in [1.807, 2.05) is 16.2 Å². The first-order valence-electron chi connectivity index (χ1n) is 9.42. The quantitative estimate of drug-likeness (QED) is 0.805. The first-order valence-corrected chi connectivity index (χ1v) is 10.3. The predicted molar refractivity (Wildman–Crippen MR) is 97.8 cm³/mol. The van der Waals surface area contributed by atoms with Gasteiger partial charge in [-0.25, -0.2) is 0 Å². The van der Waals surface area contributed by atoms with Crippen LogP contribution in [0.3, 0.4) is 0 Å². The second-order valence-corrected chi connectivity index (χ2v) is 8.72. The van der Waals surface area contributed by atoms with Crippen molar-refractivity contribution in [2.75, 3.05) is 39.4 Å². The molecule has 1 aromatic rings. The highest BCUT2D eigenvalue weighted by atomic mass is 32.1. The van der Waals surface area contributed by atoms with Gasteiger partial charge in [-0.3, -0.25) is 9.69 Å². The average Bonchev–Trinajstić information content (AvgIpc) is 3.24. The number of carbonyl (C=O) groups excluding carboxylic acids is 1. The first-order chi connectivity index (χ1) is 12.1. The number of amides is 1. The van der Waals surface area contributed by atoms with Gasteiger partial charge in [0.05, 0.1) is 11.7 Å². The number of thiophene rings is 1. The largest absolute Gasteiger partial charge is 0.372 e. The Bertz CT molecular complexity index is 606. The van der Waals surface area contributed by atoms with E-state index in [2.05, 4.69) is 23.3 Å². The summed E-state index contributed by atoms with van der Waals surface area (Å²) in [6, 6.07) is 2.19. The summed E-state index contributed by atoms with van der Waals surface area (Å²) in [4.78, 5) is 18.0. The van der Waals surface area contributed by atoms with Gasteiger partial charge in [0.25, 0.3) is 0 Å². The van der Waals surface area contributed by atoms with Crippen molar-refractivity contribution in [3.05, 3.63) is 21.9 Å². The van der Waals surface area contributed by atoms with E-state index in [-0.39, 0.29) is 24.2 Å². The molecule has 4 rings (SSSR count). The summed E-state index contributed by atoms with van der Waals surface area (Å²) < 4.78 is 12.1. The first kappa shape index (κ1) is 17.5. The highest BCUT2D eigenvalue weighted by Gasteiger charge is 2.47. The standard InChI is InChI=1S/C19H28N2O3S/c1-15-5-9-25-17(15)11-20-13-19(14-20)10-16(4-8-24-19)23-12-18(22)21-6-2-3-7-21/h5,9,16H,2-4,6-8,10-14H2,1H3/t16-/m0/s1. The number of aryl methyl sites for hydroxylation is 1. The van der Waals surface area contributed by atoms with E-state index in [1.54, 1.807) is 0 Å². The predicted octanol–water partition coefficient (Wildman–Crippen LogP) is 2.43. The van der Waals surface area contributed by atoms with E-state index < -0.39 is 0 Å². The van der Waals surface area contributed by atoms with Gasteiger partial charge < -0.3 is 14.4 Å². The van der Waals surface area contributed by atoms with Gasteiger partial charge in [0, 0.05) is 50.6 Å². The molecular formula is C19H28N2O3S. The second kappa shape index (κ2) is 7.35. The van der Waals surface area contributed by atoms with Gasteiger partial charge in [-0.1, -0.05) is 0 Å². The molecule has 25 heavy (non-hydrogen) atoms. The van der Waals surface area contributed by atoms with E-state index >= 15 is 0 Å². The monoisotopic (exact) mass is 364 g/mol. The molecule has 1 amide bonds. The van der Waals surface area contributed by atoms with Gasteiger partial charge >= 0.3 is 0 Å². The Morgan fingerprint density at radius 3 is 2.92 bits per heavy atom. The summed E-state index contributed by atoms with van der Waals surface area (Å²) in [6.07, 6.45) is 4.24. The summed E-state index contributed by atoms with van der Waals surface area (Å²) in [5.74, 6) is 0.154. The van der Waals surface area contributed by atoms with Crippen molar-refractivity contribution in [2.24, 2.45) is 0 Å². The molecule has 1 spiro atoms. The maximum atomic E-state index is 12.2. The van der Waals surface area contributed by atoms with Crippen LogP contribution in [-0.4, -0.2) is 66.8 Å². The van der Waals surface area contributed by atoms with Crippen molar-refractivity contribution in [1.82, 2.24) is 9.80 Å². The Kier molecular flexibility index (Phi) is 5.13. The number of hydrogen-bond donors (Lipinski definition) is 0. The summed E-state index contributed by atoms with van der Waals surface area (Å²) in [5, 5.41) is 2.17. The Labute approximate surface area is 153 Å². The minimum absolute atomic E-state index is 0.0508. The summed E-state index contributed by atoms with van der Waals surface area (Å²) in [5.41, 5.74) is 1.34. The van der Waals surface area contributed by atoms with E-state index in [1.165, 1.54) is 10.4 Å². The lowest BCUT2D eigenvalue weighted by Gasteiger charge is -2.53. The minimum Gasteiger partial charge on any atom is -0.372 e. The van der Waals surface area contributed by atoms with Crippen LogP contribution in [0.2, 0.25) is 0 Å². The maximum Gasteiger partial charge on any atom is 0.248 e. The smallest absolute Gasteiger partial charge is 0.248 e. The molecule has 138 valence electrons. The Morgan fingerprint density at radius 1 is 1.40 bits per heavy atom. The van der Waals surface area contributed by atoms with Crippen LogP contribution in [0.1, 0.15) is 36.1 Å². The van der Waals surface area contributed by atoms with Crippen molar-refractivity contribution in [3.8, 4) is 0 Å². The van der Waals surface area contributed by atoms with Crippen LogP contribution in [0.4, 0.5) is 0 Å². The van der Waals surface area contributed by atoms with Crippen LogP contribution in [0.15, 0.2) is 11.4 Å². The SMILES string of the molecule is Cc1ccsc1CN1CC2(C[C@@H](OCC(=O)N3CCCC3)CCO2)C1. The normalized spacial score (nSPS) is 26.1. The Balaban J connectivity index is 1.23. The zero-order valence-electron chi connectivity index (χ0n) is 15.0. The molecule has 0 saturated carbocycles. The van der Waals surface area contributed by atoms with Crippen LogP contribution < -0.4 is 0 Å². The Morgan fingerprint density at radius 2 is 2.20 bits per heavy atom. The van der Waals surface area contributed by atoms with Crippen molar-refractivity contribution < 1.29 is 14.3 Å². The number of hydrogen-bond acceptors (Lipinski definition) is 5. The third-order valence-corrected chi connectivity index (χ3v) is 6.72. The summed E-state index contributed by atoms with van der Waals surface area (Å²) in [7, 11) is 0. The minimum atomic E-state index is -0.0508. The van der Waals surface area contributed by atoms with Gasteiger partial charge in [0.2, 0.25) is 5.91 Å². The zero-order valence-corrected chi connectivity index (χ0v) is 15.9. The fourth-order valence-electron chi connectivity index (χ4n) is 4.24. The third-order valence-electron chi connectivity index (χ3n) is 5.71. The number of nitrogens with zero attached hydrogens (tertiary/aromatic N) is 2. The molecule has 5 nitrogen and oxygen atoms in total. The fraction of sp³-hybridized carbons (Fsp3) is 0.737. The molecule has 3 aliphatic rings. The van der Waals surface area contributed by atoms with E-state index in [0.717, 1.165) is 65.0 Å². The maximum absolute atomic E-state index is 12.2. The van der Waals surface area contributed by atoms with Crippen LogP contribution >= 0.6 is 11.3 Å². The van der Waals surface area contributed by atoms with E-state index in [9.17, 15) is 4.79 Å². The number of ether oxygens (including phenoxy) is 2. The lowest BCUT2D eigenvalue weighted by Crippen LogP contribution is -2.65. The van der Waals surface area contributed by atoms with Crippen molar-refractivity contribution in [2.45, 2.75) is 50.9 Å². The molecule has 0 aliphatic carbocycles. The molecule has 3 aliphatic heterocycles. The van der Waals surface area contributed by atoms with Crippen LogP contribution in [0.5, 0.6) is 0 Å². The number of likely N-dealkylation sites (tertiary alicyclic amines) is 2. The van der Waals surface area contributed by atoms with Gasteiger partial charge in [-0.15, -0.1) is 11.3 Å². The molecule has 0 N–H and O–H groups in total. The average molecular weight is 365 g/mol. The molecule has 3 saturated heterocycles. The molecule has 0 bridgehead atoms. The summed E-state index contributed by atoms with van der Waals surface area (Å²) in [6.45, 7) is 7.93. The highest BCUT2D eigenvalue weighted by molar-refractivity contribution is 7.10. The van der Waals surface area contributed by atoms with Crippen LogP contribution in [0.25, 0.3) is 0 Å². The van der Waals surface area contributed by atoms with Crippen molar-refractivity contribution >= 4 is 17.2 Å². The molecule has 6 heteroatoms. The van der Waals surface area contributed by atoms with E-state index in [4.69, 9.17) is 9.47 Å². The topological polar surface area (TPSA) is 42.0 Å². The Hall–Kier alpha value is -0.950. The van der Waals surface area contributed by atoms with Gasteiger partial charge in [0.15, 0.2) is 0 Å². The molecule has 0 radical (unpaired) electrons. The van der Waals surface area contributed by atoms with Crippen LogP contribution in [0, 0.1) is 6.92 Å². The summed E-state index contributed by atoms with van der Waals surface area (Å²) >= 11 is 1.84. The lowest BCUT2D eigenvalue weighted by atomic mass is 9.84. The molecular weight excluding hydrogens is 336 g/mol. The van der Waals surface area contributed by atoms with Gasteiger partial charge in [0.1, 0.15) is 6.61 Å². The third kappa shape index (κ3) is 3.92. The molecule has 0 aromatic carbocycles. The zero-order chi connectivity index (χ0) is 17.3. The number of rotatable bonds is 5. The van der Waals surface area contributed by atoms with Gasteiger partial charge in [-0.05, 0) is 43.2 Å². The van der Waals surface area contributed by atoms with Crippen LogP contribution in [-0.2, 0) is 20.8 Å². The molecule has 1 atom stereocenters. The van der Waals surface area contributed by atoms with E-state index in [0.29, 0.717) is 0 Å².